The number of benzene rings is 1. The van der Waals surface area contributed by atoms with Crippen LogP contribution in [0.3, 0.4) is 0 Å². The molecule has 0 spiro atoms. The lowest BCUT2D eigenvalue weighted by molar-refractivity contribution is 0.383. The van der Waals surface area contributed by atoms with Crippen molar-refractivity contribution in [3.05, 3.63) is 47.8 Å². The molecule has 28 heavy (non-hydrogen) atoms. The Morgan fingerprint density at radius 2 is 1.75 bits per heavy atom. The van der Waals surface area contributed by atoms with Crippen LogP contribution in [0.25, 0.3) is 0 Å². The van der Waals surface area contributed by atoms with Gasteiger partial charge in [0.15, 0.2) is 11.6 Å². The van der Waals surface area contributed by atoms with E-state index in [9.17, 15) is 12.8 Å². The fourth-order valence-corrected chi connectivity index (χ4v) is 4.83. The van der Waals surface area contributed by atoms with E-state index < -0.39 is 15.8 Å². The minimum Gasteiger partial charge on any atom is -0.356 e. The second-order valence-corrected chi connectivity index (χ2v) is 8.66. The molecule has 0 bridgehead atoms. The SMILES string of the molecule is CCN(CC)c1ccc(N2CCN(S(=O)(=O)Cc3cccc(F)c3)CC2)nn1. The summed E-state index contributed by atoms with van der Waals surface area (Å²) < 4.78 is 40.1. The summed E-state index contributed by atoms with van der Waals surface area (Å²) in [6, 6.07) is 9.60. The number of aromatic nitrogens is 2. The van der Waals surface area contributed by atoms with Crippen LogP contribution in [0.1, 0.15) is 19.4 Å². The minimum absolute atomic E-state index is 0.191. The molecule has 7 nitrogen and oxygen atoms in total. The van der Waals surface area contributed by atoms with Crippen molar-refractivity contribution in [2.45, 2.75) is 19.6 Å². The molecule has 2 aromatic rings. The molecule has 0 amide bonds. The Labute approximate surface area is 165 Å². The number of hydrogen-bond acceptors (Lipinski definition) is 6. The minimum atomic E-state index is -3.49. The normalized spacial score (nSPS) is 15.6. The molecule has 0 N–H and O–H groups in total. The Hall–Kier alpha value is -2.26. The first-order chi connectivity index (χ1) is 13.4. The molecule has 0 unspecified atom stereocenters. The number of hydrogen-bond donors (Lipinski definition) is 0. The highest BCUT2D eigenvalue weighted by molar-refractivity contribution is 7.88. The van der Waals surface area contributed by atoms with E-state index in [-0.39, 0.29) is 5.75 Å². The topological polar surface area (TPSA) is 69.6 Å². The van der Waals surface area contributed by atoms with Crippen molar-refractivity contribution < 1.29 is 12.8 Å². The molecule has 3 rings (SSSR count). The summed E-state index contributed by atoms with van der Waals surface area (Å²) >= 11 is 0. The van der Waals surface area contributed by atoms with Crippen molar-refractivity contribution in [2.24, 2.45) is 0 Å². The Morgan fingerprint density at radius 3 is 2.32 bits per heavy atom. The maximum absolute atomic E-state index is 13.3. The van der Waals surface area contributed by atoms with Gasteiger partial charge in [-0.2, -0.15) is 4.31 Å². The lowest BCUT2D eigenvalue weighted by Gasteiger charge is -2.34. The van der Waals surface area contributed by atoms with Gasteiger partial charge in [-0.3, -0.25) is 0 Å². The summed E-state index contributed by atoms with van der Waals surface area (Å²) in [5.74, 6) is 0.968. The zero-order chi connectivity index (χ0) is 20.1. The van der Waals surface area contributed by atoms with Gasteiger partial charge in [-0.1, -0.05) is 12.1 Å². The Balaban J connectivity index is 1.60. The van der Waals surface area contributed by atoms with Crippen LogP contribution in [0.2, 0.25) is 0 Å². The standard InChI is InChI=1S/C19H26FN5O2S/c1-3-23(4-2)18-8-9-19(22-21-18)24-10-12-25(13-11-24)28(26,27)15-16-6-5-7-17(20)14-16/h5-9,14H,3-4,10-13,15H2,1-2H3. The molecule has 152 valence electrons. The highest BCUT2D eigenvalue weighted by Gasteiger charge is 2.28. The van der Waals surface area contributed by atoms with Gasteiger partial charge in [-0.15, -0.1) is 10.2 Å². The van der Waals surface area contributed by atoms with Crippen LogP contribution in [-0.4, -0.2) is 62.2 Å². The lowest BCUT2D eigenvalue weighted by Crippen LogP contribution is -2.49. The average Bonchev–Trinajstić information content (AvgIpc) is 2.69. The summed E-state index contributed by atoms with van der Waals surface area (Å²) in [4.78, 5) is 4.15. The van der Waals surface area contributed by atoms with E-state index in [0.717, 1.165) is 24.7 Å². The van der Waals surface area contributed by atoms with Gasteiger partial charge < -0.3 is 9.80 Å². The number of nitrogens with zero attached hydrogens (tertiary/aromatic N) is 5. The molecular formula is C19H26FN5O2S. The molecular weight excluding hydrogens is 381 g/mol. The monoisotopic (exact) mass is 407 g/mol. The first-order valence-corrected chi connectivity index (χ1v) is 11.1. The van der Waals surface area contributed by atoms with Crippen molar-refractivity contribution in [2.75, 3.05) is 49.1 Å². The fraction of sp³-hybridized carbons (Fsp3) is 0.474. The Kier molecular flexibility index (Phi) is 6.46. The molecule has 1 saturated heterocycles. The largest absolute Gasteiger partial charge is 0.356 e. The molecule has 0 radical (unpaired) electrons. The van der Waals surface area contributed by atoms with E-state index >= 15 is 0 Å². The average molecular weight is 408 g/mol. The molecule has 0 atom stereocenters. The third-order valence-corrected chi connectivity index (χ3v) is 6.77. The van der Waals surface area contributed by atoms with E-state index in [1.54, 1.807) is 6.07 Å². The van der Waals surface area contributed by atoms with Gasteiger partial charge in [0.25, 0.3) is 0 Å². The van der Waals surface area contributed by atoms with Crippen molar-refractivity contribution >= 4 is 21.7 Å². The maximum Gasteiger partial charge on any atom is 0.218 e. The number of piperazine rings is 1. The van der Waals surface area contributed by atoms with Crippen LogP contribution in [0.5, 0.6) is 0 Å². The van der Waals surface area contributed by atoms with E-state index in [1.165, 1.54) is 22.5 Å². The third-order valence-electron chi connectivity index (χ3n) is 4.92. The molecule has 9 heteroatoms. The van der Waals surface area contributed by atoms with Crippen LogP contribution in [0, 0.1) is 5.82 Å². The van der Waals surface area contributed by atoms with Crippen molar-refractivity contribution in [1.29, 1.82) is 0 Å². The van der Waals surface area contributed by atoms with Crippen LogP contribution in [0.4, 0.5) is 16.0 Å². The fourth-order valence-electron chi connectivity index (χ4n) is 3.33. The van der Waals surface area contributed by atoms with Crippen molar-refractivity contribution in [3.63, 3.8) is 0 Å². The van der Waals surface area contributed by atoms with Crippen LogP contribution in [-0.2, 0) is 15.8 Å². The van der Waals surface area contributed by atoms with Crippen molar-refractivity contribution in [1.82, 2.24) is 14.5 Å². The summed E-state index contributed by atoms with van der Waals surface area (Å²) in [6.45, 7) is 7.71. The first kappa shape index (κ1) is 20.5. The molecule has 1 aliphatic rings. The molecule has 0 saturated carbocycles. The van der Waals surface area contributed by atoms with Gasteiger partial charge in [0.2, 0.25) is 10.0 Å². The molecule has 1 aromatic heterocycles. The maximum atomic E-state index is 13.3. The van der Waals surface area contributed by atoms with E-state index in [2.05, 4.69) is 28.9 Å². The Bertz CT molecular complexity index is 879. The van der Waals surface area contributed by atoms with Gasteiger partial charge in [-0.05, 0) is 43.7 Å². The number of anilines is 2. The number of rotatable bonds is 7. The summed E-state index contributed by atoms with van der Waals surface area (Å²) in [7, 11) is -3.49. The zero-order valence-corrected chi connectivity index (χ0v) is 17.1. The van der Waals surface area contributed by atoms with Crippen LogP contribution >= 0.6 is 0 Å². The Morgan fingerprint density at radius 1 is 1.04 bits per heavy atom. The van der Waals surface area contributed by atoms with Crippen LogP contribution < -0.4 is 9.80 Å². The predicted octanol–water partition coefficient (Wildman–Crippen LogP) is 2.11. The van der Waals surface area contributed by atoms with Crippen LogP contribution in [0.15, 0.2) is 36.4 Å². The predicted molar refractivity (Wildman–Crippen MR) is 108 cm³/mol. The van der Waals surface area contributed by atoms with Crippen molar-refractivity contribution in [3.8, 4) is 0 Å². The highest BCUT2D eigenvalue weighted by Crippen LogP contribution is 2.19. The second-order valence-electron chi connectivity index (χ2n) is 6.69. The number of sulfonamides is 1. The molecule has 0 aliphatic carbocycles. The molecule has 2 heterocycles. The van der Waals surface area contributed by atoms with E-state index in [0.29, 0.717) is 31.7 Å². The van der Waals surface area contributed by atoms with Gasteiger partial charge >= 0.3 is 0 Å². The summed E-state index contributed by atoms with van der Waals surface area (Å²) in [6.07, 6.45) is 0. The second kappa shape index (κ2) is 8.83. The first-order valence-electron chi connectivity index (χ1n) is 9.49. The van der Waals surface area contributed by atoms with Gasteiger partial charge in [0.05, 0.1) is 5.75 Å². The van der Waals surface area contributed by atoms with Gasteiger partial charge in [0, 0.05) is 39.3 Å². The molecule has 1 fully saturated rings. The van der Waals surface area contributed by atoms with E-state index in [4.69, 9.17) is 0 Å². The highest BCUT2D eigenvalue weighted by atomic mass is 32.2. The lowest BCUT2D eigenvalue weighted by atomic mass is 10.2. The summed E-state index contributed by atoms with van der Waals surface area (Å²) in [5.41, 5.74) is 0.459. The smallest absolute Gasteiger partial charge is 0.218 e. The van der Waals surface area contributed by atoms with Gasteiger partial charge in [-0.25, -0.2) is 12.8 Å². The molecule has 1 aliphatic heterocycles. The number of halogens is 1. The summed E-state index contributed by atoms with van der Waals surface area (Å²) in [5, 5.41) is 8.60. The van der Waals surface area contributed by atoms with E-state index in [1.807, 2.05) is 17.0 Å². The van der Waals surface area contributed by atoms with Gasteiger partial charge in [0.1, 0.15) is 5.82 Å². The third kappa shape index (κ3) is 4.77. The zero-order valence-electron chi connectivity index (χ0n) is 16.3. The quantitative estimate of drug-likeness (QED) is 0.700. The molecule has 1 aromatic carbocycles.